The van der Waals surface area contributed by atoms with Gasteiger partial charge in [-0.25, -0.2) is 4.79 Å². The van der Waals surface area contributed by atoms with Crippen LogP contribution < -0.4 is 10.3 Å². The second kappa shape index (κ2) is 8.62. The van der Waals surface area contributed by atoms with Crippen LogP contribution in [0.5, 0.6) is 5.75 Å². The summed E-state index contributed by atoms with van der Waals surface area (Å²) in [6, 6.07) is 7.12. The number of carbonyl (C=O) groups excluding carboxylic acids is 1. The minimum absolute atomic E-state index is 0.127. The summed E-state index contributed by atoms with van der Waals surface area (Å²) in [5.41, 5.74) is 0.869. The summed E-state index contributed by atoms with van der Waals surface area (Å²) in [6.45, 7) is 2.91. The topological polar surface area (TPSA) is 84.5 Å². The maximum absolute atomic E-state index is 11.8. The molecule has 0 amide bonds. The van der Waals surface area contributed by atoms with Crippen LogP contribution in [0, 0.1) is 5.92 Å². The Labute approximate surface area is 152 Å². The molecule has 0 saturated carbocycles. The Kier molecular flexibility index (Phi) is 6.01. The predicted octanol–water partition coefficient (Wildman–Crippen LogP) is 1.85. The maximum atomic E-state index is 11.8. The summed E-state index contributed by atoms with van der Waals surface area (Å²) in [7, 11) is 1.36. The average Bonchev–Trinajstić information content (AvgIpc) is 2.69. The summed E-state index contributed by atoms with van der Waals surface area (Å²) in [6.07, 6.45) is 5.11. The number of benzene rings is 1. The van der Waals surface area contributed by atoms with Crippen molar-refractivity contribution in [1.29, 1.82) is 0 Å². The van der Waals surface area contributed by atoms with E-state index in [1.807, 2.05) is 6.07 Å². The Morgan fingerprint density at radius 3 is 2.81 bits per heavy atom. The first kappa shape index (κ1) is 18.1. The Hall–Kier alpha value is -2.67. The molecule has 0 radical (unpaired) electrons. The summed E-state index contributed by atoms with van der Waals surface area (Å²) in [5.74, 6) is 0.580. The number of esters is 1. The summed E-state index contributed by atoms with van der Waals surface area (Å²) >= 11 is 0. The molecule has 1 fully saturated rings. The molecule has 0 atom stereocenters. The van der Waals surface area contributed by atoms with Gasteiger partial charge in [-0.1, -0.05) is 12.1 Å². The number of H-pyrrole nitrogens is 1. The van der Waals surface area contributed by atoms with Crippen molar-refractivity contribution in [3.8, 4) is 5.75 Å². The standard InChI is InChI=1S/C19H23N3O4/c1-25-19(24)15-4-2-3-5-17(15)26-13-14-6-10-22(11-7-14)12-16-18(23)21-9-8-20-16/h2-5,8-9,14H,6-7,10-13H2,1H3,(H,21,23). The van der Waals surface area contributed by atoms with Crippen LogP contribution in [0.2, 0.25) is 0 Å². The van der Waals surface area contributed by atoms with Gasteiger partial charge in [0.15, 0.2) is 0 Å². The number of hydrogen-bond donors (Lipinski definition) is 1. The number of likely N-dealkylation sites (tertiary alicyclic amines) is 1. The van der Waals surface area contributed by atoms with E-state index in [-0.39, 0.29) is 5.56 Å². The Morgan fingerprint density at radius 1 is 1.31 bits per heavy atom. The lowest BCUT2D eigenvalue weighted by atomic mass is 9.97. The third kappa shape index (κ3) is 4.49. The number of hydrogen-bond acceptors (Lipinski definition) is 6. The van der Waals surface area contributed by atoms with E-state index in [9.17, 15) is 9.59 Å². The molecule has 1 aromatic carbocycles. The zero-order chi connectivity index (χ0) is 18.4. The fraction of sp³-hybridized carbons (Fsp3) is 0.421. The molecule has 7 heteroatoms. The van der Waals surface area contributed by atoms with Crippen LogP contribution in [0.1, 0.15) is 28.9 Å². The van der Waals surface area contributed by atoms with Crippen LogP contribution in [0.15, 0.2) is 41.5 Å². The van der Waals surface area contributed by atoms with Crippen molar-refractivity contribution < 1.29 is 14.3 Å². The van der Waals surface area contributed by atoms with Crippen LogP contribution in [0.3, 0.4) is 0 Å². The van der Waals surface area contributed by atoms with Gasteiger partial charge < -0.3 is 14.5 Å². The second-order valence-electron chi connectivity index (χ2n) is 6.38. The Bertz CT molecular complexity index is 797. The monoisotopic (exact) mass is 357 g/mol. The molecular formula is C19H23N3O4. The largest absolute Gasteiger partial charge is 0.492 e. The van der Waals surface area contributed by atoms with Crippen LogP contribution in [0.4, 0.5) is 0 Å². The number of methoxy groups -OCH3 is 1. The number of rotatable bonds is 6. The van der Waals surface area contributed by atoms with E-state index >= 15 is 0 Å². The Morgan fingerprint density at radius 2 is 2.08 bits per heavy atom. The quantitative estimate of drug-likeness (QED) is 0.794. The first-order valence-electron chi connectivity index (χ1n) is 8.72. The molecule has 0 aliphatic carbocycles. The molecule has 1 saturated heterocycles. The maximum Gasteiger partial charge on any atom is 0.341 e. The zero-order valence-corrected chi connectivity index (χ0v) is 14.8. The molecule has 1 N–H and O–H groups in total. The molecule has 0 spiro atoms. The lowest BCUT2D eigenvalue weighted by Crippen LogP contribution is -2.36. The van der Waals surface area contributed by atoms with Gasteiger partial charge >= 0.3 is 5.97 Å². The lowest BCUT2D eigenvalue weighted by molar-refractivity contribution is 0.0593. The highest BCUT2D eigenvalue weighted by Gasteiger charge is 2.21. The fourth-order valence-corrected chi connectivity index (χ4v) is 3.10. The number of carbonyl (C=O) groups is 1. The van der Waals surface area contributed by atoms with Crippen molar-refractivity contribution in [3.63, 3.8) is 0 Å². The van der Waals surface area contributed by atoms with E-state index in [4.69, 9.17) is 9.47 Å². The highest BCUT2D eigenvalue weighted by molar-refractivity contribution is 5.92. The van der Waals surface area contributed by atoms with Crippen LogP contribution in [-0.2, 0) is 11.3 Å². The van der Waals surface area contributed by atoms with Gasteiger partial charge in [0.1, 0.15) is 17.0 Å². The number of piperidine rings is 1. The number of aromatic nitrogens is 2. The molecule has 1 aliphatic heterocycles. The summed E-state index contributed by atoms with van der Waals surface area (Å²) in [5, 5.41) is 0. The van der Waals surface area contributed by atoms with Gasteiger partial charge in [0.25, 0.3) is 5.56 Å². The molecular weight excluding hydrogens is 334 g/mol. The normalized spacial score (nSPS) is 15.6. The van der Waals surface area contributed by atoms with E-state index in [1.54, 1.807) is 30.6 Å². The molecule has 0 unspecified atom stereocenters. The van der Waals surface area contributed by atoms with Crippen LogP contribution in [0.25, 0.3) is 0 Å². The molecule has 0 bridgehead atoms. The second-order valence-corrected chi connectivity index (χ2v) is 6.38. The van der Waals surface area contributed by atoms with Gasteiger partial charge in [0, 0.05) is 18.9 Å². The molecule has 3 rings (SSSR count). The number of nitrogens with one attached hydrogen (secondary N) is 1. The Balaban J connectivity index is 1.50. The molecule has 2 aromatic rings. The van der Waals surface area contributed by atoms with Crippen molar-refractivity contribution in [2.24, 2.45) is 5.92 Å². The van der Waals surface area contributed by atoms with E-state index in [0.717, 1.165) is 25.9 Å². The van der Waals surface area contributed by atoms with E-state index in [0.29, 0.717) is 36.1 Å². The van der Waals surface area contributed by atoms with Gasteiger partial charge in [-0.15, -0.1) is 0 Å². The van der Waals surface area contributed by atoms with Crippen molar-refractivity contribution in [2.75, 3.05) is 26.8 Å². The van der Waals surface area contributed by atoms with Gasteiger partial charge in [-0.05, 0) is 44.0 Å². The average molecular weight is 357 g/mol. The van der Waals surface area contributed by atoms with Crippen molar-refractivity contribution >= 4 is 5.97 Å². The van der Waals surface area contributed by atoms with Crippen molar-refractivity contribution in [2.45, 2.75) is 19.4 Å². The van der Waals surface area contributed by atoms with Gasteiger partial charge in [0.2, 0.25) is 0 Å². The summed E-state index contributed by atoms with van der Waals surface area (Å²) in [4.78, 5) is 32.5. The number of para-hydroxylation sites is 1. The van der Waals surface area contributed by atoms with E-state index in [2.05, 4.69) is 14.9 Å². The minimum atomic E-state index is -0.393. The SMILES string of the molecule is COC(=O)c1ccccc1OCC1CCN(Cc2ncc[nH]c2=O)CC1. The van der Waals surface area contributed by atoms with Crippen LogP contribution >= 0.6 is 0 Å². The number of ether oxygens (including phenoxy) is 2. The highest BCUT2D eigenvalue weighted by Crippen LogP contribution is 2.23. The molecule has 7 nitrogen and oxygen atoms in total. The molecule has 138 valence electrons. The first-order chi connectivity index (χ1) is 12.7. The van der Waals surface area contributed by atoms with Gasteiger partial charge in [-0.2, -0.15) is 0 Å². The lowest BCUT2D eigenvalue weighted by Gasteiger charge is -2.31. The van der Waals surface area contributed by atoms with Crippen molar-refractivity contribution in [1.82, 2.24) is 14.9 Å². The third-order valence-corrected chi connectivity index (χ3v) is 4.63. The van der Waals surface area contributed by atoms with E-state index < -0.39 is 5.97 Å². The number of nitrogens with zero attached hydrogens (tertiary/aromatic N) is 2. The molecule has 1 aromatic heterocycles. The van der Waals surface area contributed by atoms with Crippen LogP contribution in [-0.4, -0.2) is 47.6 Å². The molecule has 1 aliphatic rings. The number of aromatic amines is 1. The molecule has 26 heavy (non-hydrogen) atoms. The summed E-state index contributed by atoms with van der Waals surface area (Å²) < 4.78 is 10.7. The van der Waals surface area contributed by atoms with Gasteiger partial charge in [-0.3, -0.25) is 14.7 Å². The van der Waals surface area contributed by atoms with E-state index in [1.165, 1.54) is 7.11 Å². The van der Waals surface area contributed by atoms with Gasteiger partial charge in [0.05, 0.1) is 13.7 Å². The third-order valence-electron chi connectivity index (χ3n) is 4.63. The van der Waals surface area contributed by atoms with Crippen molar-refractivity contribution in [3.05, 3.63) is 58.3 Å². The zero-order valence-electron chi connectivity index (χ0n) is 14.8. The fourth-order valence-electron chi connectivity index (χ4n) is 3.10. The smallest absolute Gasteiger partial charge is 0.341 e. The predicted molar refractivity (Wildman–Crippen MR) is 96.1 cm³/mol. The minimum Gasteiger partial charge on any atom is -0.492 e. The first-order valence-corrected chi connectivity index (χ1v) is 8.72. The molecule has 2 heterocycles. The highest BCUT2D eigenvalue weighted by atomic mass is 16.5.